The normalized spacial score (nSPS) is 23.4. The average Bonchev–Trinajstić information content (AvgIpc) is 3.14. The number of imide groups is 1. The number of likely N-dealkylation sites (tertiary alicyclic amines) is 1. The molecule has 1 fully saturated rings. The fourth-order valence-electron chi connectivity index (χ4n) is 5.03. The van der Waals surface area contributed by atoms with E-state index in [-0.39, 0.29) is 11.9 Å². The number of hydrogen-bond donors (Lipinski definition) is 3. The first-order valence-corrected chi connectivity index (χ1v) is 10.1. The van der Waals surface area contributed by atoms with Crippen LogP contribution >= 0.6 is 0 Å². The summed E-state index contributed by atoms with van der Waals surface area (Å²) < 4.78 is 0. The Hall–Kier alpha value is -3.12. The van der Waals surface area contributed by atoms with Crippen molar-refractivity contribution in [1.82, 2.24) is 20.5 Å². The fourth-order valence-corrected chi connectivity index (χ4v) is 5.03. The Morgan fingerprint density at radius 2 is 1.93 bits per heavy atom. The minimum absolute atomic E-state index is 0.0134. The standard InChI is InChI=1S/C23H24N4O2/c1-27-13-16(25-23(29)26-22(28)14-6-3-2-4-7-14)11-18-17-8-5-9-19-21(17)15(12-24-19)10-20(18)27/h2-9,12,16,18,20,24H,10-11,13H2,1H3,(H2,25,26,28,29)/t16-,18-,20-/m1/s1. The SMILES string of the molecule is CN1C[C@H](NC(=O)NC(=O)c2ccccc2)C[C@@H]2c3cccc4[nH]cc(c34)C[C@H]21. The molecule has 5 rings (SSSR count). The predicted molar refractivity (Wildman–Crippen MR) is 112 cm³/mol. The molecule has 3 atom stereocenters. The molecule has 2 heterocycles. The van der Waals surface area contributed by atoms with Gasteiger partial charge in [-0.25, -0.2) is 4.79 Å². The molecule has 1 aliphatic heterocycles. The molecular weight excluding hydrogens is 364 g/mol. The minimum atomic E-state index is -0.438. The van der Waals surface area contributed by atoms with Gasteiger partial charge in [0.15, 0.2) is 0 Å². The van der Waals surface area contributed by atoms with Crippen LogP contribution in [0.3, 0.4) is 0 Å². The van der Waals surface area contributed by atoms with Gasteiger partial charge >= 0.3 is 6.03 Å². The van der Waals surface area contributed by atoms with Gasteiger partial charge in [0.1, 0.15) is 0 Å². The lowest BCUT2D eigenvalue weighted by molar-refractivity contribution is 0.0957. The van der Waals surface area contributed by atoms with Crippen LogP contribution in [0.5, 0.6) is 0 Å². The van der Waals surface area contributed by atoms with Gasteiger partial charge in [0.2, 0.25) is 0 Å². The summed E-state index contributed by atoms with van der Waals surface area (Å²) in [6.45, 7) is 0.768. The molecule has 0 spiro atoms. The summed E-state index contributed by atoms with van der Waals surface area (Å²) in [5, 5.41) is 6.80. The van der Waals surface area contributed by atoms with Gasteiger partial charge in [0.05, 0.1) is 0 Å². The van der Waals surface area contributed by atoms with E-state index in [0.29, 0.717) is 17.5 Å². The smallest absolute Gasteiger partial charge is 0.321 e. The molecule has 6 nitrogen and oxygen atoms in total. The van der Waals surface area contributed by atoms with Gasteiger partial charge in [0.25, 0.3) is 5.91 Å². The van der Waals surface area contributed by atoms with E-state index in [0.717, 1.165) is 19.4 Å². The van der Waals surface area contributed by atoms with E-state index in [2.05, 4.69) is 52.0 Å². The molecule has 6 heteroatoms. The molecule has 0 unspecified atom stereocenters. The first kappa shape index (κ1) is 17.9. The highest BCUT2D eigenvalue weighted by Gasteiger charge is 2.39. The maximum Gasteiger partial charge on any atom is 0.321 e. The van der Waals surface area contributed by atoms with Crippen molar-refractivity contribution >= 4 is 22.8 Å². The van der Waals surface area contributed by atoms with Crippen LogP contribution in [-0.4, -0.2) is 47.5 Å². The number of carbonyl (C=O) groups is 2. The Balaban J connectivity index is 1.31. The number of piperidine rings is 1. The molecule has 2 aromatic carbocycles. The summed E-state index contributed by atoms with van der Waals surface area (Å²) in [5.41, 5.74) is 4.39. The van der Waals surface area contributed by atoms with Crippen molar-refractivity contribution < 1.29 is 9.59 Å². The number of benzene rings is 2. The Morgan fingerprint density at radius 1 is 1.10 bits per heavy atom. The lowest BCUT2D eigenvalue weighted by atomic mass is 9.74. The summed E-state index contributed by atoms with van der Waals surface area (Å²) >= 11 is 0. The maximum absolute atomic E-state index is 12.4. The molecular formula is C23H24N4O2. The van der Waals surface area contributed by atoms with Crippen molar-refractivity contribution in [1.29, 1.82) is 0 Å². The summed E-state index contributed by atoms with van der Waals surface area (Å²) in [6, 6.07) is 15.2. The molecule has 3 N–H and O–H groups in total. The van der Waals surface area contributed by atoms with Crippen molar-refractivity contribution in [3.63, 3.8) is 0 Å². The number of fused-ring (bicyclic) bond motifs is 2. The van der Waals surface area contributed by atoms with Crippen LogP contribution in [-0.2, 0) is 6.42 Å². The van der Waals surface area contributed by atoms with Crippen LogP contribution in [0, 0.1) is 0 Å². The number of H-pyrrole nitrogens is 1. The van der Waals surface area contributed by atoms with Gasteiger partial charge in [-0.1, -0.05) is 30.3 Å². The summed E-state index contributed by atoms with van der Waals surface area (Å²) in [5.74, 6) is -0.0274. The number of likely N-dealkylation sites (N-methyl/N-ethyl adjacent to an activating group) is 1. The van der Waals surface area contributed by atoms with E-state index in [4.69, 9.17) is 0 Å². The van der Waals surface area contributed by atoms with Crippen LogP contribution in [0.15, 0.2) is 54.7 Å². The molecule has 3 amide bonds. The number of nitrogens with one attached hydrogen (secondary N) is 3. The number of rotatable bonds is 2. The van der Waals surface area contributed by atoms with Crippen molar-refractivity contribution in [3.8, 4) is 0 Å². The second-order valence-corrected chi connectivity index (χ2v) is 8.13. The van der Waals surface area contributed by atoms with Crippen LogP contribution in [0.4, 0.5) is 4.79 Å². The second-order valence-electron chi connectivity index (χ2n) is 8.13. The summed E-state index contributed by atoms with van der Waals surface area (Å²) in [4.78, 5) is 30.4. The number of urea groups is 1. The van der Waals surface area contributed by atoms with Crippen LogP contribution in [0.1, 0.15) is 33.8 Å². The van der Waals surface area contributed by atoms with Crippen molar-refractivity contribution in [2.24, 2.45) is 0 Å². The van der Waals surface area contributed by atoms with Gasteiger partial charge in [0, 0.05) is 47.2 Å². The molecule has 148 valence electrons. The monoisotopic (exact) mass is 388 g/mol. The molecule has 0 bridgehead atoms. The van der Waals surface area contributed by atoms with Gasteiger partial charge in [-0.15, -0.1) is 0 Å². The van der Waals surface area contributed by atoms with Crippen molar-refractivity contribution in [2.75, 3.05) is 13.6 Å². The number of hydrogen-bond acceptors (Lipinski definition) is 3. The second kappa shape index (κ2) is 7.04. The third-order valence-electron chi connectivity index (χ3n) is 6.32. The molecule has 0 saturated carbocycles. The molecule has 1 aliphatic carbocycles. The molecule has 29 heavy (non-hydrogen) atoms. The van der Waals surface area contributed by atoms with Crippen LogP contribution in [0.25, 0.3) is 10.9 Å². The van der Waals surface area contributed by atoms with E-state index >= 15 is 0 Å². The Morgan fingerprint density at radius 3 is 2.76 bits per heavy atom. The zero-order valence-electron chi connectivity index (χ0n) is 16.3. The first-order chi connectivity index (χ1) is 14.1. The Bertz CT molecular complexity index is 1070. The van der Waals surface area contributed by atoms with Gasteiger partial charge < -0.3 is 15.2 Å². The number of aromatic nitrogens is 1. The van der Waals surface area contributed by atoms with Crippen LogP contribution < -0.4 is 10.6 Å². The topological polar surface area (TPSA) is 77.2 Å². The zero-order chi connectivity index (χ0) is 20.0. The molecule has 3 aromatic rings. The largest absolute Gasteiger partial charge is 0.361 e. The third kappa shape index (κ3) is 3.19. The summed E-state index contributed by atoms with van der Waals surface area (Å²) in [7, 11) is 2.12. The lowest BCUT2D eigenvalue weighted by Gasteiger charge is -2.45. The molecule has 0 radical (unpaired) electrons. The highest BCUT2D eigenvalue weighted by Crippen LogP contribution is 2.42. The van der Waals surface area contributed by atoms with Crippen molar-refractivity contribution in [3.05, 3.63) is 71.4 Å². The third-order valence-corrected chi connectivity index (χ3v) is 6.32. The van der Waals surface area contributed by atoms with Gasteiger partial charge in [-0.05, 0) is 49.2 Å². The van der Waals surface area contributed by atoms with E-state index < -0.39 is 6.03 Å². The van der Waals surface area contributed by atoms with Gasteiger partial charge in [-0.2, -0.15) is 0 Å². The zero-order valence-corrected chi connectivity index (χ0v) is 16.3. The quantitative estimate of drug-likeness (QED) is 0.632. The maximum atomic E-state index is 12.4. The molecule has 2 aliphatic rings. The average molecular weight is 388 g/mol. The predicted octanol–water partition coefficient (Wildman–Crippen LogP) is 3.02. The van der Waals surface area contributed by atoms with E-state index in [1.807, 2.05) is 6.07 Å². The molecule has 1 aromatic heterocycles. The van der Waals surface area contributed by atoms with E-state index in [9.17, 15) is 9.59 Å². The Kier molecular flexibility index (Phi) is 4.36. The number of nitrogens with zero attached hydrogens (tertiary/aromatic N) is 1. The fraction of sp³-hybridized carbons (Fsp3) is 0.304. The first-order valence-electron chi connectivity index (χ1n) is 10.1. The van der Waals surface area contributed by atoms with Gasteiger partial charge in [-0.3, -0.25) is 10.1 Å². The minimum Gasteiger partial charge on any atom is -0.361 e. The van der Waals surface area contributed by atoms with Crippen LogP contribution in [0.2, 0.25) is 0 Å². The van der Waals surface area contributed by atoms with Crippen molar-refractivity contribution in [2.45, 2.75) is 30.8 Å². The lowest BCUT2D eigenvalue weighted by Crippen LogP contribution is -2.56. The molecule has 1 saturated heterocycles. The highest BCUT2D eigenvalue weighted by molar-refractivity contribution is 6.04. The number of aromatic amines is 1. The number of carbonyl (C=O) groups excluding carboxylic acids is 2. The highest BCUT2D eigenvalue weighted by atomic mass is 16.2. The van der Waals surface area contributed by atoms with E-state index in [1.165, 1.54) is 22.0 Å². The number of amides is 3. The summed E-state index contributed by atoms with van der Waals surface area (Å²) in [6.07, 6.45) is 4.01. The Labute approximate surface area is 169 Å². The van der Waals surface area contributed by atoms with E-state index in [1.54, 1.807) is 24.3 Å².